The smallest absolute Gasteiger partial charge is 0.238 e. The topological polar surface area (TPSA) is 62.4 Å². The first-order valence-electron chi connectivity index (χ1n) is 8.36. The van der Waals surface area contributed by atoms with Gasteiger partial charge in [-0.2, -0.15) is 0 Å². The third-order valence-corrected chi connectivity index (χ3v) is 4.21. The molecule has 0 aromatic heterocycles. The van der Waals surface area contributed by atoms with Gasteiger partial charge in [0.25, 0.3) is 0 Å². The van der Waals surface area contributed by atoms with Gasteiger partial charge >= 0.3 is 0 Å². The number of benzene rings is 1. The molecule has 2 aliphatic rings. The van der Waals surface area contributed by atoms with Crippen molar-refractivity contribution in [1.29, 1.82) is 0 Å². The zero-order valence-corrected chi connectivity index (χ0v) is 13.2. The fourth-order valence-electron chi connectivity index (χ4n) is 2.68. The van der Waals surface area contributed by atoms with E-state index in [-0.39, 0.29) is 24.4 Å². The number of ether oxygens (including phenoxy) is 1. The average molecular weight is 321 g/mol. The fourth-order valence-corrected chi connectivity index (χ4v) is 2.68. The lowest BCUT2D eigenvalue weighted by atomic mass is 10.2. The van der Waals surface area contributed by atoms with Crippen LogP contribution >= 0.6 is 0 Å². The number of hydrogen-bond acceptors (Lipinski definition) is 4. The predicted molar refractivity (Wildman–Crippen MR) is 88.1 cm³/mol. The van der Waals surface area contributed by atoms with Crippen molar-refractivity contribution in [2.45, 2.75) is 31.8 Å². The number of anilines is 2. The first-order valence-corrected chi connectivity index (χ1v) is 8.36. The van der Waals surface area contributed by atoms with Gasteiger partial charge in [0, 0.05) is 18.8 Å². The van der Waals surface area contributed by atoms with E-state index in [4.69, 9.17) is 4.74 Å². The molecule has 1 aromatic rings. The summed E-state index contributed by atoms with van der Waals surface area (Å²) in [7, 11) is 0. The molecule has 1 aliphatic heterocycles. The third-order valence-electron chi connectivity index (χ3n) is 4.21. The molecule has 1 aliphatic carbocycles. The van der Waals surface area contributed by atoms with Gasteiger partial charge in [0.1, 0.15) is 5.82 Å². The van der Waals surface area contributed by atoms with E-state index in [0.29, 0.717) is 17.9 Å². The van der Waals surface area contributed by atoms with Gasteiger partial charge in [-0.1, -0.05) is 0 Å². The Kier molecular flexibility index (Phi) is 5.46. The number of carbonyl (C=O) groups excluding carboxylic acids is 1. The van der Waals surface area contributed by atoms with Gasteiger partial charge in [-0.25, -0.2) is 4.39 Å². The van der Waals surface area contributed by atoms with E-state index < -0.39 is 0 Å². The van der Waals surface area contributed by atoms with Gasteiger partial charge in [-0.3, -0.25) is 4.79 Å². The molecule has 6 heteroatoms. The maximum absolute atomic E-state index is 14.1. The van der Waals surface area contributed by atoms with E-state index in [1.165, 1.54) is 18.9 Å². The summed E-state index contributed by atoms with van der Waals surface area (Å²) in [6.45, 7) is 2.54. The first-order chi connectivity index (χ1) is 11.2. The SMILES string of the molecule is O=C(CNCC1CC1)Nc1ccc(NCC2CCCO2)c(F)c1. The minimum atomic E-state index is -0.369. The summed E-state index contributed by atoms with van der Waals surface area (Å²) >= 11 is 0. The molecule has 1 saturated heterocycles. The predicted octanol–water partition coefficient (Wildman–Crippen LogP) is 2.35. The molecule has 1 amide bonds. The van der Waals surface area contributed by atoms with Gasteiger partial charge < -0.3 is 20.7 Å². The third kappa shape index (κ3) is 5.18. The second-order valence-electron chi connectivity index (χ2n) is 6.33. The van der Waals surface area contributed by atoms with Crippen molar-refractivity contribution >= 4 is 17.3 Å². The van der Waals surface area contributed by atoms with Crippen molar-refractivity contribution in [3.05, 3.63) is 24.0 Å². The molecule has 2 fully saturated rings. The van der Waals surface area contributed by atoms with Crippen molar-refractivity contribution in [1.82, 2.24) is 5.32 Å². The fraction of sp³-hybridized carbons (Fsp3) is 0.588. The molecule has 1 saturated carbocycles. The van der Waals surface area contributed by atoms with E-state index >= 15 is 0 Å². The molecule has 3 rings (SSSR count). The summed E-state index contributed by atoms with van der Waals surface area (Å²) < 4.78 is 19.6. The highest BCUT2D eigenvalue weighted by atomic mass is 19.1. The number of amides is 1. The van der Waals surface area contributed by atoms with Crippen LogP contribution in [0.15, 0.2) is 18.2 Å². The molecule has 3 N–H and O–H groups in total. The number of halogens is 1. The maximum atomic E-state index is 14.1. The van der Waals surface area contributed by atoms with Crippen LogP contribution in [0.1, 0.15) is 25.7 Å². The molecule has 1 unspecified atom stereocenters. The summed E-state index contributed by atoms with van der Waals surface area (Å²) in [6, 6.07) is 4.70. The Hall–Kier alpha value is -1.66. The molecule has 1 heterocycles. The Morgan fingerprint density at radius 2 is 2.13 bits per heavy atom. The standard InChI is InChI=1S/C17H24FN3O2/c18-15-8-13(21-17(22)11-19-9-12-3-4-12)5-6-16(15)20-10-14-2-1-7-23-14/h5-6,8,12,14,19-20H,1-4,7,9-11H2,(H,21,22). The first kappa shape index (κ1) is 16.2. The Morgan fingerprint density at radius 1 is 1.26 bits per heavy atom. The Morgan fingerprint density at radius 3 is 2.83 bits per heavy atom. The highest BCUT2D eigenvalue weighted by molar-refractivity contribution is 5.92. The summed E-state index contributed by atoms with van der Waals surface area (Å²) in [4.78, 5) is 11.8. The van der Waals surface area contributed by atoms with Crippen molar-refractivity contribution in [2.24, 2.45) is 5.92 Å². The van der Waals surface area contributed by atoms with Crippen molar-refractivity contribution in [2.75, 3.05) is 36.9 Å². The lowest BCUT2D eigenvalue weighted by Crippen LogP contribution is -2.29. The average Bonchev–Trinajstić information content (AvgIpc) is 3.20. The van der Waals surface area contributed by atoms with Gasteiger partial charge in [-0.05, 0) is 56.3 Å². The summed E-state index contributed by atoms with van der Waals surface area (Å²) in [6.07, 6.45) is 4.73. The Labute approximate surface area is 136 Å². The largest absolute Gasteiger partial charge is 0.380 e. The number of carbonyl (C=O) groups is 1. The van der Waals surface area contributed by atoms with Crippen LogP contribution in [0.3, 0.4) is 0 Å². The molecule has 0 bridgehead atoms. The molecule has 23 heavy (non-hydrogen) atoms. The zero-order chi connectivity index (χ0) is 16.1. The Bertz CT molecular complexity index is 543. The molecular weight excluding hydrogens is 297 g/mol. The number of hydrogen-bond donors (Lipinski definition) is 3. The number of nitrogens with one attached hydrogen (secondary N) is 3. The Balaban J connectivity index is 1.44. The number of rotatable bonds is 8. The van der Waals surface area contributed by atoms with Gasteiger partial charge in [-0.15, -0.1) is 0 Å². The van der Waals surface area contributed by atoms with Gasteiger partial charge in [0.2, 0.25) is 5.91 Å². The van der Waals surface area contributed by atoms with Crippen LogP contribution < -0.4 is 16.0 Å². The zero-order valence-electron chi connectivity index (χ0n) is 13.2. The molecule has 0 radical (unpaired) electrons. The minimum absolute atomic E-state index is 0.148. The van der Waals surface area contributed by atoms with Gasteiger partial charge in [0.05, 0.1) is 18.3 Å². The van der Waals surface area contributed by atoms with Crippen LogP contribution in [0.5, 0.6) is 0 Å². The molecule has 1 aromatic carbocycles. The van der Waals surface area contributed by atoms with Crippen molar-refractivity contribution in [3.8, 4) is 0 Å². The second kappa shape index (κ2) is 7.75. The summed E-state index contributed by atoms with van der Waals surface area (Å²) in [5.74, 6) is 0.214. The highest BCUT2D eigenvalue weighted by Gasteiger charge is 2.20. The second-order valence-corrected chi connectivity index (χ2v) is 6.33. The van der Waals surface area contributed by atoms with E-state index in [2.05, 4.69) is 16.0 Å². The highest BCUT2D eigenvalue weighted by Crippen LogP contribution is 2.27. The van der Waals surface area contributed by atoms with Crippen LogP contribution in [0.2, 0.25) is 0 Å². The monoisotopic (exact) mass is 321 g/mol. The summed E-state index contributed by atoms with van der Waals surface area (Å²) in [5, 5.41) is 8.88. The molecule has 1 atom stereocenters. The molecule has 5 nitrogen and oxygen atoms in total. The van der Waals surface area contributed by atoms with Gasteiger partial charge in [0.15, 0.2) is 0 Å². The lowest BCUT2D eigenvalue weighted by molar-refractivity contribution is -0.115. The minimum Gasteiger partial charge on any atom is -0.380 e. The van der Waals surface area contributed by atoms with E-state index in [9.17, 15) is 9.18 Å². The van der Waals surface area contributed by atoms with Crippen molar-refractivity contribution < 1.29 is 13.9 Å². The summed E-state index contributed by atoms with van der Waals surface area (Å²) in [5.41, 5.74) is 0.911. The molecule has 0 spiro atoms. The van der Waals surface area contributed by atoms with E-state index in [1.54, 1.807) is 12.1 Å². The molecular formula is C17H24FN3O2. The van der Waals surface area contributed by atoms with E-state index in [1.807, 2.05) is 0 Å². The quantitative estimate of drug-likeness (QED) is 0.688. The van der Waals surface area contributed by atoms with Crippen LogP contribution in [0.4, 0.5) is 15.8 Å². The van der Waals surface area contributed by atoms with Crippen LogP contribution in [0, 0.1) is 11.7 Å². The van der Waals surface area contributed by atoms with Crippen LogP contribution in [-0.2, 0) is 9.53 Å². The van der Waals surface area contributed by atoms with E-state index in [0.717, 1.165) is 31.9 Å². The maximum Gasteiger partial charge on any atom is 0.238 e. The lowest BCUT2D eigenvalue weighted by Gasteiger charge is -2.13. The molecule has 126 valence electrons. The van der Waals surface area contributed by atoms with Crippen molar-refractivity contribution in [3.63, 3.8) is 0 Å². The van der Waals surface area contributed by atoms with Crippen LogP contribution in [-0.4, -0.2) is 38.3 Å². The normalized spacial score (nSPS) is 20.5. The van der Waals surface area contributed by atoms with Crippen LogP contribution in [0.25, 0.3) is 0 Å².